The predicted molar refractivity (Wildman–Crippen MR) is 81.2 cm³/mol. The number of carboxylic acid groups (broad SMARTS) is 1. The average Bonchev–Trinajstić information content (AvgIpc) is 2.46. The molecule has 0 bridgehead atoms. The number of halogens is 1. The van der Waals surface area contributed by atoms with Gasteiger partial charge in [0.25, 0.3) is 5.91 Å². The number of para-hydroxylation sites is 1. The third-order valence-corrected chi connectivity index (χ3v) is 4.31. The third-order valence-electron chi connectivity index (χ3n) is 3.66. The Hall–Kier alpha value is -1.56. The Morgan fingerprint density at radius 1 is 1.43 bits per heavy atom. The normalized spacial score (nSPS) is 21.9. The molecule has 0 spiro atoms. The van der Waals surface area contributed by atoms with Gasteiger partial charge in [0.1, 0.15) is 11.8 Å². The molecule has 1 aliphatic heterocycles. The first-order valence-electron chi connectivity index (χ1n) is 6.88. The van der Waals surface area contributed by atoms with Crippen LogP contribution in [0.5, 0.6) is 5.75 Å². The highest BCUT2D eigenvalue weighted by molar-refractivity contribution is 9.10. The van der Waals surface area contributed by atoms with E-state index in [2.05, 4.69) is 15.9 Å². The van der Waals surface area contributed by atoms with Crippen LogP contribution >= 0.6 is 15.9 Å². The average molecular weight is 356 g/mol. The Bertz CT molecular complexity index is 534. The molecule has 1 saturated heterocycles. The zero-order valence-corrected chi connectivity index (χ0v) is 13.4. The van der Waals surface area contributed by atoms with Crippen molar-refractivity contribution < 1.29 is 19.4 Å². The van der Waals surface area contributed by atoms with Crippen LogP contribution in [0.4, 0.5) is 0 Å². The number of nitrogens with zero attached hydrogens (tertiary/aromatic N) is 1. The van der Waals surface area contributed by atoms with E-state index in [1.54, 1.807) is 6.07 Å². The van der Waals surface area contributed by atoms with E-state index < -0.39 is 12.0 Å². The van der Waals surface area contributed by atoms with E-state index in [1.807, 2.05) is 25.1 Å². The van der Waals surface area contributed by atoms with Gasteiger partial charge in [-0.2, -0.15) is 0 Å². The van der Waals surface area contributed by atoms with E-state index in [0.717, 1.165) is 10.9 Å². The molecular formula is C15H18BrNO4. The van der Waals surface area contributed by atoms with E-state index >= 15 is 0 Å². The number of amides is 1. The van der Waals surface area contributed by atoms with E-state index in [4.69, 9.17) is 4.74 Å². The van der Waals surface area contributed by atoms with E-state index in [-0.39, 0.29) is 12.5 Å². The molecule has 1 N–H and O–H groups in total. The fraction of sp³-hybridized carbons (Fsp3) is 0.467. The van der Waals surface area contributed by atoms with E-state index in [0.29, 0.717) is 24.6 Å². The molecule has 2 atom stereocenters. The molecule has 6 heteroatoms. The van der Waals surface area contributed by atoms with Crippen molar-refractivity contribution in [2.45, 2.75) is 25.8 Å². The number of ether oxygens (including phenoxy) is 1. The van der Waals surface area contributed by atoms with Crippen molar-refractivity contribution >= 4 is 27.8 Å². The molecule has 0 aliphatic carbocycles. The maximum absolute atomic E-state index is 12.2. The van der Waals surface area contributed by atoms with E-state index in [1.165, 1.54) is 4.90 Å². The minimum Gasteiger partial charge on any atom is -0.483 e. The van der Waals surface area contributed by atoms with Crippen LogP contribution < -0.4 is 4.74 Å². The summed E-state index contributed by atoms with van der Waals surface area (Å²) in [6.07, 6.45) is 1.32. The van der Waals surface area contributed by atoms with Crippen LogP contribution in [-0.2, 0) is 9.59 Å². The van der Waals surface area contributed by atoms with Gasteiger partial charge in [0.05, 0.1) is 4.47 Å². The van der Waals surface area contributed by atoms with Crippen LogP contribution in [-0.4, -0.2) is 41.1 Å². The maximum atomic E-state index is 12.2. The molecule has 2 unspecified atom stereocenters. The number of aliphatic carboxylic acids is 1. The van der Waals surface area contributed by atoms with Crippen LogP contribution in [0, 0.1) is 5.92 Å². The van der Waals surface area contributed by atoms with Gasteiger partial charge < -0.3 is 14.7 Å². The highest BCUT2D eigenvalue weighted by atomic mass is 79.9. The molecule has 1 aromatic rings. The molecule has 1 amide bonds. The van der Waals surface area contributed by atoms with E-state index in [9.17, 15) is 14.7 Å². The van der Waals surface area contributed by atoms with Gasteiger partial charge in [0.2, 0.25) is 0 Å². The monoisotopic (exact) mass is 355 g/mol. The van der Waals surface area contributed by atoms with Gasteiger partial charge in [0.15, 0.2) is 6.61 Å². The summed E-state index contributed by atoms with van der Waals surface area (Å²) < 4.78 is 6.24. The Kier molecular flexibility index (Phi) is 5.22. The summed E-state index contributed by atoms with van der Waals surface area (Å²) in [7, 11) is 0. The first kappa shape index (κ1) is 15.8. The number of carbonyl (C=O) groups excluding carboxylic acids is 1. The smallest absolute Gasteiger partial charge is 0.326 e. The minimum atomic E-state index is -0.948. The number of carboxylic acids is 1. The first-order valence-corrected chi connectivity index (χ1v) is 7.68. The van der Waals surface area contributed by atoms with Crippen molar-refractivity contribution in [2.75, 3.05) is 13.2 Å². The number of benzene rings is 1. The summed E-state index contributed by atoms with van der Waals surface area (Å²) in [5, 5.41) is 9.26. The molecule has 2 rings (SSSR count). The molecule has 1 aromatic carbocycles. The maximum Gasteiger partial charge on any atom is 0.326 e. The van der Waals surface area contributed by atoms with Crippen molar-refractivity contribution in [1.29, 1.82) is 0 Å². The van der Waals surface area contributed by atoms with Gasteiger partial charge >= 0.3 is 5.97 Å². The largest absolute Gasteiger partial charge is 0.483 e. The fourth-order valence-electron chi connectivity index (χ4n) is 2.46. The van der Waals surface area contributed by atoms with Crippen LogP contribution in [0.15, 0.2) is 28.7 Å². The van der Waals surface area contributed by atoms with Crippen LogP contribution in [0.3, 0.4) is 0 Å². The quantitative estimate of drug-likeness (QED) is 0.900. The number of piperidine rings is 1. The molecule has 1 fully saturated rings. The summed E-state index contributed by atoms with van der Waals surface area (Å²) in [4.78, 5) is 24.9. The highest BCUT2D eigenvalue weighted by Gasteiger charge is 2.34. The van der Waals surface area contributed by atoms with Gasteiger partial charge in [-0.15, -0.1) is 0 Å². The van der Waals surface area contributed by atoms with Crippen molar-refractivity contribution in [3.8, 4) is 5.75 Å². The Morgan fingerprint density at radius 2 is 2.14 bits per heavy atom. The number of hydrogen-bond donors (Lipinski definition) is 1. The number of likely N-dealkylation sites (tertiary alicyclic amines) is 1. The van der Waals surface area contributed by atoms with Gasteiger partial charge in [-0.25, -0.2) is 4.79 Å². The lowest BCUT2D eigenvalue weighted by molar-refractivity contribution is -0.153. The van der Waals surface area contributed by atoms with Crippen molar-refractivity contribution in [3.63, 3.8) is 0 Å². The second kappa shape index (κ2) is 6.93. The number of hydrogen-bond acceptors (Lipinski definition) is 3. The minimum absolute atomic E-state index is 0.152. The van der Waals surface area contributed by atoms with Crippen LogP contribution in [0.25, 0.3) is 0 Å². The molecule has 1 heterocycles. The van der Waals surface area contributed by atoms with Gasteiger partial charge in [-0.1, -0.05) is 19.1 Å². The lowest BCUT2D eigenvalue weighted by Gasteiger charge is -2.35. The molecule has 114 valence electrons. The SMILES string of the molecule is CC1CCN(C(=O)COc2ccccc2Br)C(C(=O)O)C1. The summed E-state index contributed by atoms with van der Waals surface area (Å²) in [6.45, 7) is 2.33. The zero-order valence-electron chi connectivity index (χ0n) is 11.8. The summed E-state index contributed by atoms with van der Waals surface area (Å²) in [6, 6.07) is 6.50. The lowest BCUT2D eigenvalue weighted by atomic mass is 9.92. The third kappa shape index (κ3) is 3.97. The van der Waals surface area contributed by atoms with Crippen LogP contribution in [0.2, 0.25) is 0 Å². The van der Waals surface area contributed by atoms with Crippen LogP contribution in [0.1, 0.15) is 19.8 Å². The van der Waals surface area contributed by atoms with Gasteiger partial charge in [0, 0.05) is 6.54 Å². The number of carbonyl (C=O) groups is 2. The predicted octanol–water partition coefficient (Wildman–Crippen LogP) is 2.54. The van der Waals surface area contributed by atoms with Gasteiger partial charge in [-0.3, -0.25) is 4.79 Å². The second-order valence-corrected chi connectivity index (χ2v) is 6.14. The molecule has 21 heavy (non-hydrogen) atoms. The molecule has 5 nitrogen and oxygen atoms in total. The molecular weight excluding hydrogens is 338 g/mol. The highest BCUT2D eigenvalue weighted by Crippen LogP contribution is 2.25. The summed E-state index contributed by atoms with van der Waals surface area (Å²) in [5.41, 5.74) is 0. The van der Waals surface area contributed by atoms with Gasteiger partial charge in [-0.05, 0) is 46.8 Å². The van der Waals surface area contributed by atoms with Crippen molar-refractivity contribution in [1.82, 2.24) is 4.90 Å². The molecule has 1 aliphatic rings. The zero-order chi connectivity index (χ0) is 15.4. The second-order valence-electron chi connectivity index (χ2n) is 5.29. The Morgan fingerprint density at radius 3 is 2.81 bits per heavy atom. The molecule has 0 saturated carbocycles. The number of rotatable bonds is 4. The summed E-state index contributed by atoms with van der Waals surface area (Å²) >= 11 is 3.34. The van der Waals surface area contributed by atoms with Crippen molar-refractivity contribution in [2.24, 2.45) is 5.92 Å². The Balaban J connectivity index is 1.99. The lowest BCUT2D eigenvalue weighted by Crippen LogP contribution is -2.51. The molecule has 0 aromatic heterocycles. The standard InChI is InChI=1S/C15H18BrNO4/c1-10-6-7-17(12(8-10)15(19)20)14(18)9-21-13-5-3-2-4-11(13)16/h2-5,10,12H,6-9H2,1H3,(H,19,20). The first-order chi connectivity index (χ1) is 9.99. The summed E-state index contributed by atoms with van der Waals surface area (Å²) in [5.74, 6) is -0.344. The fourth-order valence-corrected chi connectivity index (χ4v) is 2.86. The van der Waals surface area contributed by atoms with Crippen molar-refractivity contribution in [3.05, 3.63) is 28.7 Å². The molecule has 0 radical (unpaired) electrons. The Labute approximate surface area is 132 Å². The topological polar surface area (TPSA) is 66.8 Å².